The van der Waals surface area contributed by atoms with Gasteiger partial charge >= 0.3 is 0 Å². The molecule has 2 aliphatic rings. The highest BCUT2D eigenvalue weighted by atomic mass is 35.5. The number of amides is 1. The molecule has 0 bridgehead atoms. The molecule has 3 atom stereocenters. The summed E-state index contributed by atoms with van der Waals surface area (Å²) in [6.07, 6.45) is -1.25. The minimum Gasteiger partial charge on any atom is -0.363 e. The van der Waals surface area contributed by atoms with Crippen LogP contribution < -0.4 is 16.0 Å². The van der Waals surface area contributed by atoms with Crippen molar-refractivity contribution >= 4 is 23.3 Å². The van der Waals surface area contributed by atoms with Crippen molar-refractivity contribution in [3.63, 3.8) is 0 Å². The number of aryl methyl sites for hydroxylation is 1. The van der Waals surface area contributed by atoms with Crippen molar-refractivity contribution in [2.24, 2.45) is 0 Å². The quantitative estimate of drug-likeness (QED) is 0.491. The molecule has 1 aromatic carbocycles. The average Bonchev–Trinajstić information content (AvgIpc) is 3.38. The van der Waals surface area contributed by atoms with E-state index in [0.29, 0.717) is 54.8 Å². The number of anilines is 1. The van der Waals surface area contributed by atoms with Crippen LogP contribution in [0.25, 0.3) is 0 Å². The molecule has 3 N–H and O–H groups in total. The summed E-state index contributed by atoms with van der Waals surface area (Å²) in [6, 6.07) is 7.60. The fourth-order valence-corrected chi connectivity index (χ4v) is 4.43. The topological polar surface area (TPSA) is 130 Å². The van der Waals surface area contributed by atoms with Gasteiger partial charge in [-0.2, -0.15) is 5.26 Å². The van der Waals surface area contributed by atoms with Gasteiger partial charge in [0.05, 0.1) is 48.8 Å². The van der Waals surface area contributed by atoms with Crippen molar-refractivity contribution in [3.05, 3.63) is 52.0 Å². The molecule has 10 nitrogen and oxygen atoms in total. The third-order valence-electron chi connectivity index (χ3n) is 5.96. The van der Waals surface area contributed by atoms with Crippen molar-refractivity contribution in [1.29, 1.82) is 5.26 Å². The van der Waals surface area contributed by atoms with Crippen LogP contribution in [0.3, 0.4) is 0 Å². The van der Waals surface area contributed by atoms with E-state index in [2.05, 4.69) is 32.0 Å². The SMILES string of the molecule is Cc1nc(NC(C)c2cccc(C#N)c2C)c(C2OCCO2)c(C(Cl)C(=O)NC2CNCCO2)n1. The number of nitrogens with one attached hydrogen (secondary N) is 3. The van der Waals surface area contributed by atoms with E-state index in [1.54, 1.807) is 13.0 Å². The number of hydrogen-bond acceptors (Lipinski definition) is 9. The van der Waals surface area contributed by atoms with Crippen molar-refractivity contribution < 1.29 is 19.0 Å². The smallest absolute Gasteiger partial charge is 0.246 e. The second-order valence-electron chi connectivity index (χ2n) is 8.42. The van der Waals surface area contributed by atoms with Gasteiger partial charge in [-0.3, -0.25) is 4.79 Å². The zero-order valence-corrected chi connectivity index (χ0v) is 20.7. The maximum absolute atomic E-state index is 13.0. The minimum atomic E-state index is -1.12. The molecule has 11 heteroatoms. The van der Waals surface area contributed by atoms with Crippen LogP contribution in [0.5, 0.6) is 0 Å². The Morgan fingerprint density at radius 2 is 2.00 bits per heavy atom. The Labute approximate surface area is 209 Å². The lowest BCUT2D eigenvalue weighted by Crippen LogP contribution is -2.49. The van der Waals surface area contributed by atoms with E-state index in [4.69, 9.17) is 25.8 Å². The number of benzene rings is 1. The number of halogens is 1. The number of alkyl halides is 1. The number of carbonyl (C=O) groups excluding carboxylic acids is 1. The maximum Gasteiger partial charge on any atom is 0.246 e. The standard InChI is InChI=1S/C24H29ClN6O4/c1-13-16(11-26)5-4-6-17(13)14(2)28-22-19(24-34-9-10-35-24)21(29-15(3)30-22)20(25)23(32)31-18-12-27-7-8-33-18/h4-6,14,18,20,24,27H,7-10,12H2,1-3H3,(H,31,32)(H,28,29,30). The highest BCUT2D eigenvalue weighted by Crippen LogP contribution is 2.37. The van der Waals surface area contributed by atoms with E-state index < -0.39 is 23.8 Å². The molecule has 2 saturated heterocycles. The van der Waals surface area contributed by atoms with Crippen LogP contribution in [0, 0.1) is 25.2 Å². The Hall–Kier alpha value is -2.81. The number of hydrogen-bond donors (Lipinski definition) is 3. The molecule has 0 radical (unpaired) electrons. The molecule has 2 aliphatic heterocycles. The van der Waals surface area contributed by atoms with Crippen molar-refractivity contribution in [2.45, 2.75) is 44.7 Å². The number of morpholine rings is 1. The normalized spacial score (nSPS) is 20.1. The minimum absolute atomic E-state index is 0.213. The summed E-state index contributed by atoms with van der Waals surface area (Å²) in [5.74, 6) is 0.463. The number of carbonyl (C=O) groups is 1. The fraction of sp³-hybridized carbons (Fsp3) is 0.500. The Balaban J connectivity index is 1.67. The van der Waals surface area contributed by atoms with Crippen LogP contribution in [-0.4, -0.2) is 55.0 Å². The molecule has 3 unspecified atom stereocenters. The lowest BCUT2D eigenvalue weighted by atomic mass is 9.98. The summed E-state index contributed by atoms with van der Waals surface area (Å²) in [4.78, 5) is 22.1. The van der Waals surface area contributed by atoms with Crippen LogP contribution in [0.2, 0.25) is 0 Å². The van der Waals surface area contributed by atoms with E-state index in [1.165, 1.54) is 0 Å². The van der Waals surface area contributed by atoms with Gasteiger partial charge in [-0.25, -0.2) is 9.97 Å². The van der Waals surface area contributed by atoms with Gasteiger partial charge in [-0.05, 0) is 38.0 Å². The van der Waals surface area contributed by atoms with Crippen LogP contribution >= 0.6 is 11.6 Å². The molecule has 1 amide bonds. The molecule has 0 spiro atoms. The highest BCUT2D eigenvalue weighted by Gasteiger charge is 2.34. The fourth-order valence-electron chi connectivity index (χ4n) is 4.20. The number of aromatic nitrogens is 2. The van der Waals surface area contributed by atoms with E-state index in [-0.39, 0.29) is 6.04 Å². The number of rotatable bonds is 7. The average molecular weight is 501 g/mol. The number of nitrogens with zero attached hydrogens (tertiary/aromatic N) is 3. The van der Waals surface area contributed by atoms with E-state index in [1.807, 2.05) is 26.0 Å². The van der Waals surface area contributed by atoms with Gasteiger partial charge in [-0.15, -0.1) is 11.6 Å². The Morgan fingerprint density at radius 3 is 2.69 bits per heavy atom. The maximum atomic E-state index is 13.0. The first-order valence-corrected chi connectivity index (χ1v) is 12.0. The Morgan fingerprint density at radius 1 is 1.23 bits per heavy atom. The van der Waals surface area contributed by atoms with Crippen LogP contribution in [-0.2, 0) is 19.0 Å². The summed E-state index contributed by atoms with van der Waals surface area (Å²) < 4.78 is 17.1. The van der Waals surface area contributed by atoms with Gasteiger partial charge in [0.25, 0.3) is 0 Å². The van der Waals surface area contributed by atoms with Crippen LogP contribution in [0.4, 0.5) is 5.82 Å². The van der Waals surface area contributed by atoms with Crippen LogP contribution in [0.1, 0.15) is 58.4 Å². The first-order chi connectivity index (χ1) is 16.9. The van der Waals surface area contributed by atoms with Gasteiger partial charge in [0.15, 0.2) is 11.7 Å². The van der Waals surface area contributed by atoms with E-state index in [0.717, 1.165) is 17.7 Å². The van der Waals surface area contributed by atoms with Crippen molar-refractivity contribution in [3.8, 4) is 6.07 Å². The zero-order chi connectivity index (χ0) is 24.9. The molecule has 35 heavy (non-hydrogen) atoms. The zero-order valence-electron chi connectivity index (χ0n) is 19.9. The monoisotopic (exact) mass is 500 g/mol. The largest absolute Gasteiger partial charge is 0.363 e. The summed E-state index contributed by atoms with van der Waals surface area (Å²) in [7, 11) is 0. The Bertz CT molecular complexity index is 1110. The highest BCUT2D eigenvalue weighted by molar-refractivity contribution is 6.30. The predicted octanol–water partition coefficient (Wildman–Crippen LogP) is 2.53. The molecule has 4 rings (SSSR count). The summed E-state index contributed by atoms with van der Waals surface area (Å²) >= 11 is 6.67. The van der Waals surface area contributed by atoms with Gasteiger partial charge in [0.1, 0.15) is 17.9 Å². The molecular formula is C24H29ClN6O4. The van der Waals surface area contributed by atoms with Crippen molar-refractivity contribution in [1.82, 2.24) is 20.6 Å². The summed E-state index contributed by atoms with van der Waals surface area (Å²) in [6.45, 7) is 8.13. The Kier molecular flexibility index (Phi) is 8.15. The first-order valence-electron chi connectivity index (χ1n) is 11.5. The van der Waals surface area contributed by atoms with Gasteiger partial charge in [0.2, 0.25) is 5.91 Å². The summed E-state index contributed by atoms with van der Waals surface area (Å²) in [5.41, 5.74) is 3.22. The first kappa shape index (κ1) is 25.3. The lowest BCUT2D eigenvalue weighted by molar-refractivity contribution is -0.126. The second-order valence-corrected chi connectivity index (χ2v) is 8.86. The third-order valence-corrected chi connectivity index (χ3v) is 6.37. The molecule has 2 aromatic rings. The molecule has 1 aromatic heterocycles. The van der Waals surface area contributed by atoms with Crippen molar-refractivity contribution in [2.75, 3.05) is 38.2 Å². The molecule has 3 heterocycles. The van der Waals surface area contributed by atoms with Gasteiger partial charge < -0.3 is 30.2 Å². The summed E-state index contributed by atoms with van der Waals surface area (Å²) in [5, 5.41) is 17.7. The van der Waals surface area contributed by atoms with E-state index in [9.17, 15) is 10.1 Å². The number of nitriles is 1. The molecule has 0 aliphatic carbocycles. The molecule has 2 fully saturated rings. The molecule has 0 saturated carbocycles. The van der Waals surface area contributed by atoms with E-state index >= 15 is 0 Å². The second kappa shape index (κ2) is 11.3. The number of ether oxygens (including phenoxy) is 3. The lowest BCUT2D eigenvalue weighted by Gasteiger charge is -2.27. The molecular weight excluding hydrogens is 472 g/mol. The van der Waals surface area contributed by atoms with Gasteiger partial charge in [0, 0.05) is 13.1 Å². The third kappa shape index (κ3) is 5.72. The van der Waals surface area contributed by atoms with Gasteiger partial charge in [-0.1, -0.05) is 12.1 Å². The predicted molar refractivity (Wildman–Crippen MR) is 129 cm³/mol. The van der Waals surface area contributed by atoms with Crippen LogP contribution in [0.15, 0.2) is 18.2 Å². The molecule has 186 valence electrons.